The highest BCUT2D eigenvalue weighted by Crippen LogP contribution is 2.27. The number of para-hydroxylation sites is 1. The van der Waals surface area contributed by atoms with Crippen molar-refractivity contribution in [2.45, 2.75) is 32.2 Å². The molecule has 3 N–H and O–H groups in total. The normalized spacial score (nSPS) is 15.0. The van der Waals surface area contributed by atoms with Gasteiger partial charge in [-0.2, -0.15) is 0 Å². The van der Waals surface area contributed by atoms with Gasteiger partial charge >= 0.3 is 5.97 Å². The first-order valence-electron chi connectivity index (χ1n) is 10.9. The Hall–Kier alpha value is -3.77. The van der Waals surface area contributed by atoms with Crippen LogP contribution in [0.4, 0.5) is 5.69 Å². The number of aromatic nitrogens is 1. The predicted octanol–water partition coefficient (Wildman–Crippen LogP) is 0.266. The van der Waals surface area contributed by atoms with Crippen LogP contribution in [0, 0.1) is 0 Å². The third-order valence-electron chi connectivity index (χ3n) is 5.47. The summed E-state index contributed by atoms with van der Waals surface area (Å²) in [6.45, 7) is 3.87. The van der Waals surface area contributed by atoms with Gasteiger partial charge in [-0.05, 0) is 19.9 Å². The number of benzene rings is 1. The minimum absolute atomic E-state index is 0.137. The minimum atomic E-state index is -1.69. The van der Waals surface area contributed by atoms with E-state index in [0.29, 0.717) is 30.4 Å². The van der Waals surface area contributed by atoms with Crippen molar-refractivity contribution < 1.29 is 38.6 Å². The molecule has 0 aliphatic carbocycles. The Kier molecular flexibility index (Phi) is 7.87. The van der Waals surface area contributed by atoms with Crippen molar-refractivity contribution in [3.05, 3.63) is 30.0 Å². The lowest BCUT2D eigenvalue weighted by molar-refractivity contribution is -0.208. The molecule has 1 atom stereocenters. The van der Waals surface area contributed by atoms with E-state index in [1.54, 1.807) is 18.2 Å². The number of rotatable bonds is 9. The topological polar surface area (TPSA) is 158 Å². The zero-order chi connectivity index (χ0) is 25.8. The summed E-state index contributed by atoms with van der Waals surface area (Å²) in [4.78, 5) is 67.0. The second-order valence-corrected chi connectivity index (χ2v) is 8.52. The maximum atomic E-state index is 12.9. The summed E-state index contributed by atoms with van der Waals surface area (Å²) in [5, 5.41) is 13.0. The summed E-state index contributed by atoms with van der Waals surface area (Å²) >= 11 is 0. The maximum absolute atomic E-state index is 12.9. The van der Waals surface area contributed by atoms with Gasteiger partial charge in [-0.3, -0.25) is 24.0 Å². The first-order chi connectivity index (χ1) is 16.5. The van der Waals surface area contributed by atoms with Crippen LogP contribution in [0.25, 0.3) is 10.9 Å². The Morgan fingerprint density at radius 2 is 1.89 bits per heavy atom. The predicted molar refractivity (Wildman–Crippen MR) is 123 cm³/mol. The van der Waals surface area contributed by atoms with Gasteiger partial charge < -0.3 is 34.7 Å². The number of H-pyrrole nitrogens is 1. The zero-order valence-corrected chi connectivity index (χ0v) is 19.7. The summed E-state index contributed by atoms with van der Waals surface area (Å²) < 4.78 is 9.92. The van der Waals surface area contributed by atoms with Crippen molar-refractivity contribution in [1.29, 1.82) is 0 Å². The monoisotopic (exact) mass is 488 g/mol. The molecule has 0 unspecified atom stereocenters. The van der Waals surface area contributed by atoms with Crippen molar-refractivity contribution in [2.75, 3.05) is 38.6 Å². The van der Waals surface area contributed by atoms with Crippen LogP contribution in [-0.2, 0) is 28.7 Å². The highest BCUT2D eigenvalue weighted by atomic mass is 16.6. The molecule has 3 amide bonds. The Balaban J connectivity index is 1.80. The number of hydrogen-bond acceptors (Lipinski definition) is 8. The van der Waals surface area contributed by atoms with E-state index >= 15 is 0 Å². The van der Waals surface area contributed by atoms with Crippen LogP contribution < -0.4 is 5.32 Å². The molecule has 0 saturated carbocycles. The number of nitrogens with zero attached hydrogens (tertiary/aromatic N) is 2. The van der Waals surface area contributed by atoms with Crippen molar-refractivity contribution in [1.82, 2.24) is 14.8 Å². The molecule has 1 fully saturated rings. The van der Waals surface area contributed by atoms with Gasteiger partial charge in [-0.1, -0.05) is 12.1 Å². The molecule has 1 aromatic carbocycles. The Morgan fingerprint density at radius 1 is 1.20 bits per heavy atom. The van der Waals surface area contributed by atoms with E-state index in [0.717, 1.165) is 0 Å². The van der Waals surface area contributed by atoms with E-state index in [4.69, 9.17) is 4.74 Å². The lowest BCUT2D eigenvalue weighted by atomic mass is 10.1. The quantitative estimate of drug-likeness (QED) is 0.149. The molecule has 1 aliphatic heterocycles. The van der Waals surface area contributed by atoms with E-state index in [1.807, 2.05) is 0 Å². The van der Waals surface area contributed by atoms with E-state index in [9.17, 15) is 29.1 Å². The molecule has 12 heteroatoms. The van der Waals surface area contributed by atoms with Crippen LogP contribution in [0.5, 0.6) is 0 Å². The number of methoxy groups -OCH3 is 1. The third kappa shape index (κ3) is 6.22. The molecule has 1 aliphatic rings. The number of ether oxygens (including phenoxy) is 2. The van der Waals surface area contributed by atoms with Gasteiger partial charge in [-0.25, -0.2) is 0 Å². The fourth-order valence-electron chi connectivity index (χ4n) is 3.72. The molecule has 1 saturated heterocycles. The molecule has 0 bridgehead atoms. The van der Waals surface area contributed by atoms with Gasteiger partial charge in [0.25, 0.3) is 17.6 Å². The SMILES string of the molecule is COC(=O)C[C@@H](OC(C)(C)O)C(=O)Nc1cccc2c(C(=O)C(=O)N3CCN(C=O)CC3)c[nH]c12. The molecule has 0 radical (unpaired) electrons. The van der Waals surface area contributed by atoms with Crippen molar-refractivity contribution in [3.8, 4) is 0 Å². The number of carbonyl (C=O) groups excluding carboxylic acids is 5. The van der Waals surface area contributed by atoms with Crippen LogP contribution in [0.1, 0.15) is 30.6 Å². The molecular weight excluding hydrogens is 460 g/mol. The zero-order valence-electron chi connectivity index (χ0n) is 19.7. The standard InChI is InChI=1S/C23H28N4O8/c1-23(2,33)35-17(11-18(29)34-3)21(31)25-16-6-4-5-14-15(12-24-19(14)16)20(30)22(32)27-9-7-26(13-28)8-10-27/h4-6,12-13,17,24,33H,7-11H2,1-3H3,(H,25,31)/t17-/m1/s1. The van der Waals surface area contributed by atoms with Crippen molar-refractivity contribution in [3.63, 3.8) is 0 Å². The number of fused-ring (bicyclic) bond motifs is 1. The van der Waals surface area contributed by atoms with Gasteiger partial charge in [0.15, 0.2) is 5.79 Å². The average Bonchev–Trinajstić information content (AvgIpc) is 3.27. The summed E-state index contributed by atoms with van der Waals surface area (Å²) in [6.07, 6.45) is 0.325. The van der Waals surface area contributed by atoms with Crippen molar-refractivity contribution in [2.24, 2.45) is 0 Å². The molecule has 1 aromatic heterocycles. The molecule has 12 nitrogen and oxygen atoms in total. The number of amides is 3. The lowest BCUT2D eigenvalue weighted by Crippen LogP contribution is -2.50. The molecule has 2 heterocycles. The number of anilines is 1. The second kappa shape index (κ2) is 10.7. The van der Waals surface area contributed by atoms with E-state index in [2.05, 4.69) is 15.0 Å². The van der Waals surface area contributed by atoms with Crippen molar-refractivity contribution >= 4 is 46.6 Å². The highest BCUT2D eigenvalue weighted by Gasteiger charge is 2.31. The van der Waals surface area contributed by atoms with Gasteiger partial charge in [0.05, 0.1) is 30.3 Å². The molecule has 3 rings (SSSR count). The van der Waals surface area contributed by atoms with Gasteiger partial charge in [0.2, 0.25) is 6.41 Å². The third-order valence-corrected chi connectivity index (χ3v) is 5.47. The number of esters is 1. The second-order valence-electron chi connectivity index (χ2n) is 8.52. The molecule has 35 heavy (non-hydrogen) atoms. The minimum Gasteiger partial charge on any atom is -0.469 e. The van der Waals surface area contributed by atoms with Crippen LogP contribution in [-0.4, -0.2) is 95.0 Å². The number of ketones is 1. The van der Waals surface area contributed by atoms with Crippen LogP contribution >= 0.6 is 0 Å². The first-order valence-corrected chi connectivity index (χ1v) is 10.9. The summed E-state index contributed by atoms with van der Waals surface area (Å²) in [5.74, 6) is -4.49. The van der Waals surface area contributed by atoms with Gasteiger partial charge in [0.1, 0.15) is 6.10 Å². The fourth-order valence-corrected chi connectivity index (χ4v) is 3.72. The number of nitrogens with one attached hydrogen (secondary N) is 2. The fraction of sp³-hybridized carbons (Fsp3) is 0.435. The number of hydrogen-bond donors (Lipinski definition) is 3. The molecule has 0 spiro atoms. The summed E-state index contributed by atoms with van der Waals surface area (Å²) in [7, 11) is 1.17. The van der Waals surface area contributed by atoms with Crippen LogP contribution in [0.15, 0.2) is 24.4 Å². The van der Waals surface area contributed by atoms with E-state index < -0.39 is 41.9 Å². The molecule has 188 valence electrons. The Bertz CT molecular complexity index is 1130. The van der Waals surface area contributed by atoms with Gasteiger partial charge in [0, 0.05) is 37.8 Å². The Labute approximate surface area is 201 Å². The average molecular weight is 488 g/mol. The van der Waals surface area contributed by atoms with E-state index in [1.165, 1.54) is 37.0 Å². The summed E-state index contributed by atoms with van der Waals surface area (Å²) in [5.41, 5.74) is 0.813. The number of Topliss-reactive ketones (excluding diaryl/α,β-unsaturated/α-hetero) is 1. The number of aromatic amines is 1. The smallest absolute Gasteiger partial charge is 0.308 e. The van der Waals surface area contributed by atoms with Crippen LogP contribution in [0.3, 0.4) is 0 Å². The first kappa shape index (κ1) is 25.8. The number of aliphatic hydroxyl groups is 1. The Morgan fingerprint density at radius 3 is 2.49 bits per heavy atom. The van der Waals surface area contributed by atoms with E-state index in [-0.39, 0.29) is 24.3 Å². The lowest BCUT2D eigenvalue weighted by Gasteiger charge is -2.32. The largest absolute Gasteiger partial charge is 0.469 e. The molecular formula is C23H28N4O8. The summed E-state index contributed by atoms with van der Waals surface area (Å²) in [6, 6.07) is 4.80. The highest BCUT2D eigenvalue weighted by molar-refractivity contribution is 6.45. The number of carbonyl (C=O) groups is 5. The maximum Gasteiger partial charge on any atom is 0.308 e. The van der Waals surface area contributed by atoms with Gasteiger partial charge in [-0.15, -0.1) is 0 Å². The number of piperazine rings is 1. The molecule has 2 aromatic rings. The van der Waals surface area contributed by atoms with Crippen LogP contribution in [0.2, 0.25) is 0 Å².